The third-order valence-corrected chi connectivity index (χ3v) is 3.52. The Labute approximate surface area is 131 Å². The molecule has 3 rings (SSSR count). The van der Waals surface area contributed by atoms with Crippen LogP contribution in [-0.4, -0.2) is 27.3 Å². The highest BCUT2D eigenvalue weighted by molar-refractivity contribution is 6.33. The first-order chi connectivity index (χ1) is 10.6. The van der Waals surface area contributed by atoms with Crippen LogP contribution in [0.25, 0.3) is 16.8 Å². The summed E-state index contributed by atoms with van der Waals surface area (Å²) in [6, 6.07) is 9.90. The van der Waals surface area contributed by atoms with E-state index in [1.165, 1.54) is 6.07 Å². The molecule has 0 unspecified atom stereocenters. The van der Waals surface area contributed by atoms with E-state index in [0.29, 0.717) is 28.5 Å². The molecule has 0 aliphatic rings. The number of pyridine rings is 1. The quantitative estimate of drug-likeness (QED) is 0.751. The number of carbonyl (C=O) groups is 1. The van der Waals surface area contributed by atoms with Crippen molar-refractivity contribution in [1.82, 2.24) is 9.61 Å². The largest absolute Gasteiger partial charge is 0.508 e. The van der Waals surface area contributed by atoms with Gasteiger partial charge in [-0.1, -0.05) is 11.6 Å². The number of aromatic hydroxyl groups is 1. The second kappa shape index (κ2) is 5.69. The van der Waals surface area contributed by atoms with E-state index in [4.69, 9.17) is 16.3 Å². The third-order valence-electron chi connectivity index (χ3n) is 3.20. The van der Waals surface area contributed by atoms with E-state index < -0.39 is 0 Å². The van der Waals surface area contributed by atoms with E-state index in [2.05, 4.69) is 5.10 Å². The minimum atomic E-state index is -0.365. The number of aromatic nitrogens is 2. The lowest BCUT2D eigenvalue weighted by Gasteiger charge is -2.01. The van der Waals surface area contributed by atoms with Crippen molar-refractivity contribution in [3.8, 4) is 17.0 Å². The van der Waals surface area contributed by atoms with E-state index >= 15 is 0 Å². The molecular formula is C16H13ClN2O3. The second-order valence-corrected chi connectivity index (χ2v) is 5.11. The van der Waals surface area contributed by atoms with Gasteiger partial charge in [0.15, 0.2) is 0 Å². The number of phenols is 1. The third kappa shape index (κ3) is 2.63. The van der Waals surface area contributed by atoms with Crippen molar-refractivity contribution in [2.45, 2.75) is 6.92 Å². The van der Waals surface area contributed by atoms with Gasteiger partial charge in [0.25, 0.3) is 0 Å². The standard InChI is InChI=1S/C16H13ClN2O3/c1-2-22-16(21)10-5-6-19-11(7-10)8-15(18-19)13-4-3-12(20)9-14(13)17/h3-9,20H,2H2,1H3. The van der Waals surface area contributed by atoms with Crippen molar-refractivity contribution in [3.05, 3.63) is 53.2 Å². The SMILES string of the molecule is CCOC(=O)c1ccn2nc(-c3ccc(O)cc3Cl)cc2c1. The molecule has 22 heavy (non-hydrogen) atoms. The number of esters is 1. The molecule has 1 aromatic carbocycles. The fourth-order valence-corrected chi connectivity index (χ4v) is 2.45. The highest BCUT2D eigenvalue weighted by atomic mass is 35.5. The van der Waals surface area contributed by atoms with Crippen LogP contribution in [0.15, 0.2) is 42.6 Å². The fraction of sp³-hybridized carbons (Fsp3) is 0.125. The van der Waals surface area contributed by atoms with Crippen LogP contribution in [0.1, 0.15) is 17.3 Å². The minimum Gasteiger partial charge on any atom is -0.508 e. The zero-order valence-electron chi connectivity index (χ0n) is 11.8. The van der Waals surface area contributed by atoms with Gasteiger partial charge in [0.05, 0.1) is 28.4 Å². The number of benzene rings is 1. The van der Waals surface area contributed by atoms with Gasteiger partial charge in [-0.25, -0.2) is 9.31 Å². The number of hydrogen-bond acceptors (Lipinski definition) is 4. The van der Waals surface area contributed by atoms with Crippen LogP contribution < -0.4 is 0 Å². The molecule has 5 nitrogen and oxygen atoms in total. The van der Waals surface area contributed by atoms with Gasteiger partial charge in [0, 0.05) is 11.8 Å². The van der Waals surface area contributed by atoms with Gasteiger partial charge < -0.3 is 9.84 Å². The fourth-order valence-electron chi connectivity index (χ4n) is 2.18. The maximum absolute atomic E-state index is 11.8. The summed E-state index contributed by atoms with van der Waals surface area (Å²) in [6.07, 6.45) is 1.69. The summed E-state index contributed by atoms with van der Waals surface area (Å²) >= 11 is 6.13. The molecule has 0 spiro atoms. The summed E-state index contributed by atoms with van der Waals surface area (Å²) < 4.78 is 6.64. The zero-order valence-corrected chi connectivity index (χ0v) is 12.5. The van der Waals surface area contributed by atoms with Crippen molar-refractivity contribution in [2.75, 3.05) is 6.61 Å². The van der Waals surface area contributed by atoms with Crippen LogP contribution in [0.5, 0.6) is 5.75 Å². The van der Waals surface area contributed by atoms with Gasteiger partial charge in [0.1, 0.15) is 5.75 Å². The molecular weight excluding hydrogens is 304 g/mol. The van der Waals surface area contributed by atoms with Crippen LogP contribution in [0.2, 0.25) is 5.02 Å². The molecule has 0 saturated heterocycles. The topological polar surface area (TPSA) is 63.8 Å². The van der Waals surface area contributed by atoms with E-state index in [-0.39, 0.29) is 11.7 Å². The Morgan fingerprint density at radius 2 is 2.14 bits per heavy atom. The molecule has 0 fully saturated rings. The number of hydrogen-bond donors (Lipinski definition) is 1. The Morgan fingerprint density at radius 3 is 2.86 bits per heavy atom. The lowest BCUT2D eigenvalue weighted by molar-refractivity contribution is 0.0526. The van der Waals surface area contributed by atoms with Crippen LogP contribution in [0.3, 0.4) is 0 Å². The van der Waals surface area contributed by atoms with Crippen molar-refractivity contribution in [2.24, 2.45) is 0 Å². The van der Waals surface area contributed by atoms with Gasteiger partial charge >= 0.3 is 5.97 Å². The van der Waals surface area contributed by atoms with Crippen molar-refractivity contribution >= 4 is 23.1 Å². The number of rotatable bonds is 3. The molecule has 3 aromatic rings. The zero-order chi connectivity index (χ0) is 15.7. The van der Waals surface area contributed by atoms with Crippen molar-refractivity contribution in [3.63, 3.8) is 0 Å². The minimum absolute atomic E-state index is 0.0992. The molecule has 0 aliphatic heterocycles. The van der Waals surface area contributed by atoms with Crippen LogP contribution >= 0.6 is 11.6 Å². The number of halogens is 1. The van der Waals surface area contributed by atoms with Gasteiger partial charge in [-0.2, -0.15) is 5.10 Å². The summed E-state index contributed by atoms with van der Waals surface area (Å²) in [4.78, 5) is 11.8. The smallest absolute Gasteiger partial charge is 0.338 e. The Kier molecular flexibility index (Phi) is 3.73. The molecule has 1 N–H and O–H groups in total. The molecule has 2 aromatic heterocycles. The van der Waals surface area contributed by atoms with Gasteiger partial charge in [0.2, 0.25) is 0 Å². The Hall–Kier alpha value is -2.53. The molecule has 0 aliphatic carbocycles. The number of nitrogens with zero attached hydrogens (tertiary/aromatic N) is 2. The Balaban J connectivity index is 2.04. The van der Waals surface area contributed by atoms with E-state index in [9.17, 15) is 9.90 Å². The monoisotopic (exact) mass is 316 g/mol. The summed E-state index contributed by atoms with van der Waals surface area (Å²) in [5.41, 5.74) is 2.59. The molecule has 2 heterocycles. The summed E-state index contributed by atoms with van der Waals surface area (Å²) in [7, 11) is 0. The summed E-state index contributed by atoms with van der Waals surface area (Å²) in [5, 5.41) is 14.2. The predicted molar refractivity (Wildman–Crippen MR) is 83.3 cm³/mol. The highest BCUT2D eigenvalue weighted by Crippen LogP contribution is 2.30. The molecule has 0 atom stereocenters. The van der Waals surface area contributed by atoms with E-state index in [0.717, 1.165) is 5.52 Å². The molecule has 0 saturated carbocycles. The van der Waals surface area contributed by atoms with Crippen LogP contribution in [-0.2, 0) is 4.74 Å². The van der Waals surface area contributed by atoms with E-state index in [1.807, 2.05) is 6.07 Å². The molecule has 0 radical (unpaired) electrons. The first-order valence-electron chi connectivity index (χ1n) is 6.74. The normalized spacial score (nSPS) is 10.8. The maximum Gasteiger partial charge on any atom is 0.338 e. The lowest BCUT2D eigenvalue weighted by atomic mass is 10.1. The number of fused-ring (bicyclic) bond motifs is 1. The highest BCUT2D eigenvalue weighted by Gasteiger charge is 2.12. The summed E-state index contributed by atoms with van der Waals surface area (Å²) in [6.45, 7) is 2.10. The number of ether oxygens (including phenoxy) is 1. The summed E-state index contributed by atoms with van der Waals surface area (Å²) in [5.74, 6) is -0.266. The number of phenolic OH excluding ortho intramolecular Hbond substituents is 1. The first-order valence-corrected chi connectivity index (χ1v) is 7.11. The maximum atomic E-state index is 11.8. The molecule has 112 valence electrons. The average molecular weight is 317 g/mol. The molecule has 0 amide bonds. The van der Waals surface area contributed by atoms with Gasteiger partial charge in [-0.3, -0.25) is 0 Å². The van der Waals surface area contributed by atoms with Gasteiger partial charge in [-0.05, 0) is 43.3 Å². The predicted octanol–water partition coefficient (Wildman–Crippen LogP) is 3.54. The van der Waals surface area contributed by atoms with Crippen molar-refractivity contribution in [1.29, 1.82) is 0 Å². The molecule has 6 heteroatoms. The van der Waals surface area contributed by atoms with Gasteiger partial charge in [-0.15, -0.1) is 0 Å². The Bertz CT molecular complexity index is 858. The Morgan fingerprint density at radius 1 is 1.32 bits per heavy atom. The van der Waals surface area contributed by atoms with Crippen LogP contribution in [0, 0.1) is 0 Å². The van der Waals surface area contributed by atoms with E-state index in [1.54, 1.807) is 41.9 Å². The number of carbonyl (C=O) groups excluding carboxylic acids is 1. The first kappa shape index (κ1) is 14.4. The average Bonchev–Trinajstić information content (AvgIpc) is 2.89. The van der Waals surface area contributed by atoms with Crippen molar-refractivity contribution < 1.29 is 14.6 Å². The molecule has 0 bridgehead atoms. The van der Waals surface area contributed by atoms with Crippen LogP contribution in [0.4, 0.5) is 0 Å². The lowest BCUT2D eigenvalue weighted by Crippen LogP contribution is -2.05. The second-order valence-electron chi connectivity index (χ2n) is 4.70.